The van der Waals surface area contributed by atoms with Gasteiger partial charge in [0.1, 0.15) is 13.7 Å². The van der Waals surface area contributed by atoms with Crippen molar-refractivity contribution in [2.45, 2.75) is 114 Å². The zero-order valence-corrected chi connectivity index (χ0v) is 25.9. The SMILES string of the molecule is CCC(=O)N(C)C1CCC(n2c(=O)cc(C#C[Si](C(C)C)(C(C)C)C(C)C)c3cnc(SC)nc32)CC1. The van der Waals surface area contributed by atoms with E-state index >= 15 is 0 Å². The number of hydrogen-bond donors (Lipinski definition) is 0. The fourth-order valence-corrected chi connectivity index (χ4v) is 12.0. The summed E-state index contributed by atoms with van der Waals surface area (Å²) in [7, 11) is -0.0554. The number of fused-ring (bicyclic) bond motifs is 1. The molecule has 1 saturated carbocycles. The Balaban J connectivity index is 2.09. The average molecular weight is 541 g/mol. The van der Waals surface area contributed by atoms with Crippen LogP contribution in [0.25, 0.3) is 11.0 Å². The Morgan fingerprint density at radius 2 is 1.73 bits per heavy atom. The standard InChI is InChI=1S/C29H44N4O2SSi/c1-10-26(34)32(8)23-11-13-24(14-12-23)33-27(35)17-22(25-18-30-29(36-9)31-28(25)33)15-16-37(19(2)3,20(4)5)21(6)7/h17-21,23-24H,10-14H2,1-9H3. The first kappa shape index (κ1) is 29.4. The Kier molecular flexibility index (Phi) is 9.68. The maximum atomic E-state index is 13.6. The molecule has 6 nitrogen and oxygen atoms in total. The molecular weight excluding hydrogens is 496 g/mol. The van der Waals surface area contributed by atoms with Crippen LogP contribution in [0.2, 0.25) is 16.6 Å². The van der Waals surface area contributed by atoms with Crippen LogP contribution in [0.5, 0.6) is 0 Å². The molecule has 0 aliphatic heterocycles. The van der Waals surface area contributed by atoms with Gasteiger partial charge in [-0.1, -0.05) is 66.1 Å². The van der Waals surface area contributed by atoms with E-state index in [4.69, 9.17) is 4.98 Å². The Morgan fingerprint density at radius 3 is 2.24 bits per heavy atom. The van der Waals surface area contributed by atoms with Crippen LogP contribution in [0.4, 0.5) is 0 Å². The van der Waals surface area contributed by atoms with Gasteiger partial charge in [-0.3, -0.25) is 14.2 Å². The summed E-state index contributed by atoms with van der Waals surface area (Å²) < 4.78 is 1.87. The summed E-state index contributed by atoms with van der Waals surface area (Å²) in [6.45, 7) is 15.7. The van der Waals surface area contributed by atoms with E-state index in [0.717, 1.165) is 36.6 Å². The lowest BCUT2D eigenvalue weighted by molar-refractivity contribution is -0.132. The predicted octanol–water partition coefficient (Wildman–Crippen LogP) is 6.44. The van der Waals surface area contributed by atoms with Crippen molar-refractivity contribution < 1.29 is 4.79 Å². The number of hydrogen-bond acceptors (Lipinski definition) is 5. The summed E-state index contributed by atoms with van der Waals surface area (Å²) in [4.78, 5) is 37.1. The number of carbonyl (C=O) groups excluding carboxylic acids is 1. The summed E-state index contributed by atoms with van der Waals surface area (Å²) in [5.74, 6) is 3.67. The molecule has 1 aliphatic rings. The van der Waals surface area contributed by atoms with Crippen molar-refractivity contribution in [3.63, 3.8) is 0 Å². The molecule has 0 atom stereocenters. The monoisotopic (exact) mass is 540 g/mol. The lowest BCUT2D eigenvalue weighted by atomic mass is 9.89. The average Bonchev–Trinajstić information content (AvgIpc) is 2.87. The first-order chi connectivity index (χ1) is 17.5. The van der Waals surface area contributed by atoms with E-state index in [1.165, 1.54) is 11.8 Å². The van der Waals surface area contributed by atoms with Crippen molar-refractivity contribution >= 4 is 36.8 Å². The number of aromatic nitrogens is 3. The van der Waals surface area contributed by atoms with Crippen LogP contribution in [-0.2, 0) is 4.79 Å². The molecule has 202 valence electrons. The molecule has 0 radical (unpaired) electrons. The van der Waals surface area contributed by atoms with Gasteiger partial charge in [-0.2, -0.15) is 0 Å². The zero-order chi connectivity index (χ0) is 27.5. The third kappa shape index (κ3) is 5.83. The number of carbonyl (C=O) groups is 1. The minimum absolute atomic E-state index is 0.0464. The van der Waals surface area contributed by atoms with Crippen molar-refractivity contribution in [2.75, 3.05) is 13.3 Å². The van der Waals surface area contributed by atoms with Crippen LogP contribution >= 0.6 is 11.8 Å². The van der Waals surface area contributed by atoms with Gasteiger partial charge in [0.25, 0.3) is 5.56 Å². The Bertz CT molecular complexity index is 1210. The summed E-state index contributed by atoms with van der Waals surface area (Å²) in [6, 6.07) is 1.99. The largest absolute Gasteiger partial charge is 0.343 e. The maximum absolute atomic E-state index is 13.6. The number of nitrogens with zero attached hydrogens (tertiary/aromatic N) is 4. The summed E-state index contributed by atoms with van der Waals surface area (Å²) in [6.07, 6.45) is 7.77. The fraction of sp³-hybridized carbons (Fsp3) is 0.655. The van der Waals surface area contributed by atoms with Crippen molar-refractivity contribution in [1.82, 2.24) is 19.4 Å². The van der Waals surface area contributed by atoms with Crippen LogP contribution in [0.3, 0.4) is 0 Å². The van der Waals surface area contributed by atoms with Gasteiger partial charge in [-0.05, 0) is 48.6 Å². The van der Waals surface area contributed by atoms with Crippen LogP contribution in [0.15, 0.2) is 22.2 Å². The Morgan fingerprint density at radius 1 is 1.14 bits per heavy atom. The molecule has 0 N–H and O–H groups in total. The summed E-state index contributed by atoms with van der Waals surface area (Å²) in [5.41, 5.74) is 6.69. The van der Waals surface area contributed by atoms with E-state index in [9.17, 15) is 9.59 Å². The van der Waals surface area contributed by atoms with Gasteiger partial charge in [0, 0.05) is 43.4 Å². The van der Waals surface area contributed by atoms with Gasteiger partial charge in [0.05, 0.1) is 5.39 Å². The molecular formula is C29H44N4O2SSi. The van der Waals surface area contributed by atoms with Gasteiger partial charge < -0.3 is 4.90 Å². The molecule has 0 unspecified atom stereocenters. The second-order valence-electron chi connectivity index (χ2n) is 11.3. The third-order valence-electron chi connectivity index (χ3n) is 8.51. The molecule has 8 heteroatoms. The normalized spacial score (nSPS) is 18.4. The molecule has 1 aliphatic carbocycles. The summed E-state index contributed by atoms with van der Waals surface area (Å²) >= 11 is 1.48. The van der Waals surface area contributed by atoms with Gasteiger partial charge in [0.2, 0.25) is 5.91 Å². The van der Waals surface area contributed by atoms with Crippen LogP contribution in [0, 0.1) is 11.5 Å². The molecule has 1 fully saturated rings. The lowest BCUT2D eigenvalue weighted by Gasteiger charge is -2.38. The molecule has 2 aromatic rings. The molecule has 0 spiro atoms. The van der Waals surface area contributed by atoms with E-state index < -0.39 is 8.07 Å². The highest BCUT2D eigenvalue weighted by atomic mass is 32.2. The first-order valence-electron chi connectivity index (χ1n) is 13.7. The van der Waals surface area contributed by atoms with E-state index in [1.54, 1.807) is 6.07 Å². The molecule has 1 amide bonds. The lowest BCUT2D eigenvalue weighted by Crippen LogP contribution is -2.43. The van der Waals surface area contributed by atoms with Crippen LogP contribution in [0.1, 0.15) is 92.2 Å². The maximum Gasteiger partial charge on any atom is 0.253 e. The smallest absolute Gasteiger partial charge is 0.253 e. The highest BCUT2D eigenvalue weighted by Crippen LogP contribution is 2.41. The van der Waals surface area contributed by atoms with Crippen molar-refractivity contribution in [3.8, 4) is 11.5 Å². The topological polar surface area (TPSA) is 68.1 Å². The molecule has 2 aromatic heterocycles. The predicted molar refractivity (Wildman–Crippen MR) is 158 cm³/mol. The van der Waals surface area contributed by atoms with Gasteiger partial charge >= 0.3 is 0 Å². The third-order valence-corrected chi connectivity index (χ3v) is 15.4. The molecule has 0 aromatic carbocycles. The van der Waals surface area contributed by atoms with Crippen molar-refractivity contribution in [3.05, 3.63) is 28.2 Å². The molecule has 0 saturated heterocycles. The fourth-order valence-electron chi connectivity index (χ4n) is 6.43. The number of thioether (sulfide) groups is 1. The van der Waals surface area contributed by atoms with Gasteiger partial charge in [-0.15, -0.1) is 5.54 Å². The quantitative estimate of drug-likeness (QED) is 0.175. The minimum atomic E-state index is -1.96. The zero-order valence-electron chi connectivity index (χ0n) is 24.1. The Labute approximate surface area is 228 Å². The van der Waals surface area contributed by atoms with E-state index in [-0.39, 0.29) is 23.6 Å². The van der Waals surface area contributed by atoms with Gasteiger partial charge in [-0.25, -0.2) is 9.97 Å². The van der Waals surface area contributed by atoms with Crippen molar-refractivity contribution in [2.24, 2.45) is 0 Å². The molecule has 37 heavy (non-hydrogen) atoms. The first-order valence-corrected chi connectivity index (χ1v) is 17.2. The second kappa shape index (κ2) is 12.2. The van der Waals surface area contributed by atoms with Gasteiger partial charge in [0.15, 0.2) is 5.16 Å². The van der Waals surface area contributed by atoms with Crippen LogP contribution in [-0.4, -0.2) is 52.8 Å². The highest BCUT2D eigenvalue weighted by molar-refractivity contribution is 7.98. The highest BCUT2D eigenvalue weighted by Gasteiger charge is 2.41. The number of rotatable bonds is 7. The second-order valence-corrected chi connectivity index (χ2v) is 17.7. The minimum Gasteiger partial charge on any atom is -0.343 e. The summed E-state index contributed by atoms with van der Waals surface area (Å²) in [5, 5.41) is 1.51. The van der Waals surface area contributed by atoms with Crippen molar-refractivity contribution in [1.29, 1.82) is 0 Å². The Hall–Kier alpha value is -2.11. The number of amides is 1. The van der Waals surface area contributed by atoms with Crippen LogP contribution < -0.4 is 5.56 Å². The molecule has 0 bridgehead atoms. The van der Waals surface area contributed by atoms with E-state index in [0.29, 0.717) is 33.8 Å². The molecule has 2 heterocycles. The van der Waals surface area contributed by atoms with E-state index in [2.05, 4.69) is 58.0 Å². The number of pyridine rings is 1. The molecule has 3 rings (SSSR count). The van der Waals surface area contributed by atoms with E-state index in [1.807, 2.05) is 35.9 Å².